The molecule has 2 aromatic carbocycles. The zero-order valence-electron chi connectivity index (χ0n) is 10.2. The van der Waals surface area contributed by atoms with Crippen LogP contribution in [0, 0.1) is 0 Å². The zero-order chi connectivity index (χ0) is 13.2. The summed E-state index contributed by atoms with van der Waals surface area (Å²) >= 11 is 1.69. The van der Waals surface area contributed by atoms with Crippen LogP contribution in [0.5, 0.6) is 0 Å². The number of hydrogen-bond acceptors (Lipinski definition) is 2. The SMILES string of the molecule is O=C(O)Cc1ccc2scc(-c3ccccc3)c2c1. The molecule has 0 bridgehead atoms. The molecule has 3 aromatic rings. The molecule has 0 radical (unpaired) electrons. The van der Waals surface area contributed by atoms with Crippen LogP contribution in [0.4, 0.5) is 0 Å². The zero-order valence-corrected chi connectivity index (χ0v) is 11.0. The van der Waals surface area contributed by atoms with E-state index in [-0.39, 0.29) is 6.42 Å². The van der Waals surface area contributed by atoms with Gasteiger partial charge in [-0.3, -0.25) is 4.79 Å². The molecule has 0 saturated carbocycles. The molecule has 0 aliphatic heterocycles. The van der Waals surface area contributed by atoms with Gasteiger partial charge in [-0.25, -0.2) is 0 Å². The van der Waals surface area contributed by atoms with Crippen LogP contribution in [-0.4, -0.2) is 11.1 Å². The number of rotatable bonds is 3. The van der Waals surface area contributed by atoms with Crippen molar-refractivity contribution in [3.8, 4) is 11.1 Å². The van der Waals surface area contributed by atoms with Gasteiger partial charge in [-0.2, -0.15) is 0 Å². The summed E-state index contributed by atoms with van der Waals surface area (Å²) in [6, 6.07) is 16.1. The topological polar surface area (TPSA) is 37.3 Å². The second-order valence-electron chi connectivity index (χ2n) is 4.42. The fraction of sp³-hybridized carbons (Fsp3) is 0.0625. The summed E-state index contributed by atoms with van der Waals surface area (Å²) in [5, 5.41) is 12.1. The lowest BCUT2D eigenvalue weighted by Crippen LogP contribution is -1.99. The highest BCUT2D eigenvalue weighted by Gasteiger charge is 2.08. The molecule has 0 amide bonds. The largest absolute Gasteiger partial charge is 0.481 e. The van der Waals surface area contributed by atoms with E-state index in [1.54, 1.807) is 11.3 Å². The molecule has 1 aromatic heterocycles. The molecule has 3 heteroatoms. The number of aliphatic carboxylic acids is 1. The van der Waals surface area contributed by atoms with Crippen molar-refractivity contribution in [2.24, 2.45) is 0 Å². The Balaban J connectivity index is 2.13. The summed E-state index contributed by atoms with van der Waals surface area (Å²) in [7, 11) is 0. The van der Waals surface area contributed by atoms with Crippen molar-refractivity contribution >= 4 is 27.4 Å². The van der Waals surface area contributed by atoms with E-state index >= 15 is 0 Å². The van der Waals surface area contributed by atoms with Gasteiger partial charge < -0.3 is 5.11 Å². The van der Waals surface area contributed by atoms with Crippen molar-refractivity contribution in [1.82, 2.24) is 0 Å². The van der Waals surface area contributed by atoms with E-state index in [1.165, 1.54) is 15.8 Å². The van der Waals surface area contributed by atoms with E-state index in [0.29, 0.717) is 0 Å². The molecule has 1 heterocycles. The number of benzene rings is 2. The summed E-state index contributed by atoms with van der Waals surface area (Å²) in [6.07, 6.45) is 0.0695. The third kappa shape index (κ3) is 2.37. The van der Waals surface area contributed by atoms with Crippen molar-refractivity contribution in [1.29, 1.82) is 0 Å². The lowest BCUT2D eigenvalue weighted by atomic mass is 10.0. The van der Waals surface area contributed by atoms with E-state index in [1.807, 2.05) is 36.4 Å². The van der Waals surface area contributed by atoms with Crippen molar-refractivity contribution in [3.05, 3.63) is 59.5 Å². The average Bonchev–Trinajstić information content (AvgIpc) is 2.82. The third-order valence-corrected chi connectivity index (χ3v) is 4.04. The minimum atomic E-state index is -0.796. The number of hydrogen-bond donors (Lipinski definition) is 1. The van der Waals surface area contributed by atoms with E-state index in [9.17, 15) is 4.79 Å². The fourth-order valence-electron chi connectivity index (χ4n) is 2.20. The summed E-state index contributed by atoms with van der Waals surface area (Å²) in [6.45, 7) is 0. The maximum atomic E-state index is 10.8. The van der Waals surface area contributed by atoms with E-state index in [2.05, 4.69) is 17.5 Å². The first-order valence-corrected chi connectivity index (χ1v) is 6.89. The number of carbonyl (C=O) groups is 1. The maximum Gasteiger partial charge on any atom is 0.307 e. The predicted octanol–water partition coefficient (Wildman–Crippen LogP) is 4.20. The first kappa shape index (κ1) is 11.9. The van der Waals surface area contributed by atoms with Gasteiger partial charge in [0.15, 0.2) is 0 Å². The lowest BCUT2D eigenvalue weighted by Gasteiger charge is -2.02. The van der Waals surface area contributed by atoms with Crippen molar-refractivity contribution in [3.63, 3.8) is 0 Å². The Morgan fingerprint density at radius 1 is 1.11 bits per heavy atom. The molecule has 0 spiro atoms. The molecule has 1 N–H and O–H groups in total. The third-order valence-electron chi connectivity index (χ3n) is 3.08. The molecule has 0 unspecified atom stereocenters. The molecule has 2 nitrogen and oxygen atoms in total. The fourth-order valence-corrected chi connectivity index (χ4v) is 3.15. The molecular weight excluding hydrogens is 256 g/mol. The van der Waals surface area contributed by atoms with Gasteiger partial charge in [-0.05, 0) is 28.6 Å². The van der Waals surface area contributed by atoms with Crippen LogP contribution in [0.25, 0.3) is 21.2 Å². The highest BCUT2D eigenvalue weighted by Crippen LogP contribution is 2.34. The molecule has 3 rings (SSSR count). The van der Waals surface area contributed by atoms with Crippen LogP contribution in [0.1, 0.15) is 5.56 Å². The second-order valence-corrected chi connectivity index (χ2v) is 5.33. The van der Waals surface area contributed by atoms with Crippen LogP contribution in [0.2, 0.25) is 0 Å². The predicted molar refractivity (Wildman–Crippen MR) is 78.6 cm³/mol. The first-order valence-electron chi connectivity index (χ1n) is 6.01. The molecule has 94 valence electrons. The average molecular weight is 268 g/mol. The number of fused-ring (bicyclic) bond motifs is 1. The molecule has 0 aliphatic rings. The first-order chi connectivity index (χ1) is 9.24. The van der Waals surface area contributed by atoms with Gasteiger partial charge in [0.05, 0.1) is 6.42 Å². The van der Waals surface area contributed by atoms with Gasteiger partial charge in [-0.15, -0.1) is 11.3 Å². The molecule has 0 aliphatic carbocycles. The highest BCUT2D eigenvalue weighted by atomic mass is 32.1. The standard InChI is InChI=1S/C16H12O2S/c17-16(18)9-11-6-7-15-13(8-11)14(10-19-15)12-4-2-1-3-5-12/h1-8,10H,9H2,(H,17,18). The Kier molecular flexibility index (Phi) is 3.05. The van der Waals surface area contributed by atoms with Crippen LogP contribution in [0.15, 0.2) is 53.9 Å². The van der Waals surface area contributed by atoms with Gasteiger partial charge in [0.2, 0.25) is 0 Å². The summed E-state index contributed by atoms with van der Waals surface area (Å²) in [5.41, 5.74) is 3.18. The second kappa shape index (κ2) is 4.86. The Bertz CT molecular complexity index is 729. The quantitative estimate of drug-likeness (QED) is 0.773. The summed E-state index contributed by atoms with van der Waals surface area (Å²) in [5.74, 6) is -0.796. The summed E-state index contributed by atoms with van der Waals surface area (Å²) in [4.78, 5) is 10.8. The number of thiophene rings is 1. The maximum absolute atomic E-state index is 10.8. The molecule has 0 fully saturated rings. The number of carboxylic acids is 1. The van der Waals surface area contributed by atoms with E-state index < -0.39 is 5.97 Å². The Labute approximate surface area is 114 Å². The van der Waals surface area contributed by atoms with Crippen molar-refractivity contribution < 1.29 is 9.90 Å². The van der Waals surface area contributed by atoms with Gasteiger partial charge >= 0.3 is 5.97 Å². The smallest absolute Gasteiger partial charge is 0.307 e. The minimum Gasteiger partial charge on any atom is -0.481 e. The Hall–Kier alpha value is -2.13. The highest BCUT2D eigenvalue weighted by molar-refractivity contribution is 7.17. The van der Waals surface area contributed by atoms with Gasteiger partial charge in [-0.1, -0.05) is 36.4 Å². The lowest BCUT2D eigenvalue weighted by molar-refractivity contribution is -0.136. The summed E-state index contributed by atoms with van der Waals surface area (Å²) < 4.78 is 1.19. The van der Waals surface area contributed by atoms with Crippen LogP contribution >= 0.6 is 11.3 Å². The van der Waals surface area contributed by atoms with Gasteiger partial charge in [0.25, 0.3) is 0 Å². The van der Waals surface area contributed by atoms with Crippen molar-refractivity contribution in [2.45, 2.75) is 6.42 Å². The molecule has 19 heavy (non-hydrogen) atoms. The van der Waals surface area contributed by atoms with Gasteiger partial charge in [0.1, 0.15) is 0 Å². The normalized spacial score (nSPS) is 10.7. The number of carboxylic acid groups (broad SMARTS) is 1. The van der Waals surface area contributed by atoms with Crippen LogP contribution in [0.3, 0.4) is 0 Å². The Morgan fingerprint density at radius 2 is 1.89 bits per heavy atom. The molecule has 0 atom stereocenters. The molecular formula is C16H12O2S. The minimum absolute atomic E-state index is 0.0695. The van der Waals surface area contributed by atoms with Gasteiger partial charge in [0, 0.05) is 15.6 Å². The Morgan fingerprint density at radius 3 is 2.63 bits per heavy atom. The van der Waals surface area contributed by atoms with E-state index in [0.717, 1.165) is 10.9 Å². The van der Waals surface area contributed by atoms with Crippen LogP contribution in [-0.2, 0) is 11.2 Å². The molecule has 0 saturated heterocycles. The van der Waals surface area contributed by atoms with E-state index in [4.69, 9.17) is 5.11 Å². The van der Waals surface area contributed by atoms with Crippen LogP contribution < -0.4 is 0 Å². The monoisotopic (exact) mass is 268 g/mol. The van der Waals surface area contributed by atoms with Crippen molar-refractivity contribution in [2.75, 3.05) is 0 Å².